The van der Waals surface area contributed by atoms with Crippen molar-refractivity contribution >= 4 is 44.5 Å². The number of fused-ring (bicyclic) bond motifs is 3. The van der Waals surface area contributed by atoms with Crippen LogP contribution in [0.5, 0.6) is 0 Å². The Morgan fingerprint density at radius 2 is 1.20 bits per heavy atom. The van der Waals surface area contributed by atoms with E-state index in [-0.39, 0.29) is 10.8 Å². The predicted molar refractivity (Wildman–Crippen MR) is 134 cm³/mol. The number of nitrogens with one attached hydrogen (secondary N) is 1. The van der Waals surface area contributed by atoms with Crippen LogP contribution < -0.4 is 5.32 Å². The molecular weight excluding hydrogens is 386 g/mol. The van der Waals surface area contributed by atoms with Crippen LogP contribution >= 0.6 is 11.6 Å². The number of para-hydroxylation sites is 1. The third-order valence-corrected chi connectivity index (χ3v) is 6.16. The lowest BCUT2D eigenvalue weighted by molar-refractivity contribution is 0.590. The normalized spacial score (nSPS) is 12.5. The molecule has 30 heavy (non-hydrogen) atoms. The van der Waals surface area contributed by atoms with E-state index in [0.717, 1.165) is 16.4 Å². The zero-order valence-corrected chi connectivity index (χ0v) is 19.5. The van der Waals surface area contributed by atoms with Crippen LogP contribution in [0, 0.1) is 0 Å². The van der Waals surface area contributed by atoms with Crippen LogP contribution in [0.15, 0.2) is 66.7 Å². The molecule has 0 saturated heterocycles. The van der Waals surface area contributed by atoms with E-state index in [4.69, 9.17) is 11.6 Å². The Morgan fingerprint density at radius 3 is 1.83 bits per heavy atom. The maximum Gasteiger partial charge on any atom is 0.0640 e. The lowest BCUT2D eigenvalue weighted by Gasteiger charge is -2.23. The van der Waals surface area contributed by atoms with Gasteiger partial charge in [-0.25, -0.2) is 0 Å². The minimum Gasteiger partial charge on any atom is -0.354 e. The molecule has 0 amide bonds. The number of rotatable bonds is 2. The molecule has 0 atom stereocenters. The molecule has 0 aromatic heterocycles. The fourth-order valence-electron chi connectivity index (χ4n) is 3.89. The lowest BCUT2D eigenvalue weighted by Crippen LogP contribution is -2.11. The molecule has 0 unspecified atom stereocenters. The van der Waals surface area contributed by atoms with Crippen molar-refractivity contribution in [3.8, 4) is 0 Å². The Kier molecular flexibility index (Phi) is 5.06. The van der Waals surface area contributed by atoms with Crippen molar-refractivity contribution in [3.05, 3.63) is 82.9 Å². The molecule has 0 fully saturated rings. The summed E-state index contributed by atoms with van der Waals surface area (Å²) < 4.78 is 0. The van der Waals surface area contributed by atoms with Crippen LogP contribution in [0.1, 0.15) is 52.7 Å². The predicted octanol–water partition coefficient (Wildman–Crippen LogP) is 8.98. The van der Waals surface area contributed by atoms with Gasteiger partial charge in [0.25, 0.3) is 0 Å². The Bertz CT molecular complexity index is 1240. The fourth-order valence-corrected chi connectivity index (χ4v) is 4.08. The number of benzene rings is 4. The van der Waals surface area contributed by atoms with E-state index in [2.05, 4.69) is 89.3 Å². The summed E-state index contributed by atoms with van der Waals surface area (Å²) in [6, 6.07) is 23.9. The van der Waals surface area contributed by atoms with E-state index in [1.807, 2.05) is 24.3 Å². The molecular formula is C28H30ClN. The van der Waals surface area contributed by atoms with Gasteiger partial charge in [0, 0.05) is 11.1 Å². The van der Waals surface area contributed by atoms with Crippen molar-refractivity contribution in [3.63, 3.8) is 0 Å². The second kappa shape index (κ2) is 7.32. The van der Waals surface area contributed by atoms with Gasteiger partial charge in [-0.15, -0.1) is 0 Å². The topological polar surface area (TPSA) is 12.0 Å². The molecule has 0 aliphatic rings. The minimum atomic E-state index is 0.0916. The van der Waals surface area contributed by atoms with Gasteiger partial charge in [0.15, 0.2) is 0 Å². The number of hydrogen-bond donors (Lipinski definition) is 1. The monoisotopic (exact) mass is 415 g/mol. The fraction of sp³-hybridized carbons (Fsp3) is 0.286. The highest BCUT2D eigenvalue weighted by Gasteiger charge is 2.18. The van der Waals surface area contributed by atoms with E-state index in [9.17, 15) is 0 Å². The second-order valence-electron chi connectivity index (χ2n) is 10.2. The van der Waals surface area contributed by atoms with Crippen molar-refractivity contribution in [2.24, 2.45) is 0 Å². The standard InChI is InChI=1S/C28H30ClN/c1-27(2,3)19-12-11-18-15-26(30-25-10-8-7-9-24(25)29)21-14-13-20(28(4,5)6)17-23(21)22(18)16-19/h7-17,30H,1-6H3. The summed E-state index contributed by atoms with van der Waals surface area (Å²) in [7, 11) is 0. The highest BCUT2D eigenvalue weighted by Crippen LogP contribution is 2.39. The van der Waals surface area contributed by atoms with Gasteiger partial charge in [0.1, 0.15) is 0 Å². The minimum absolute atomic E-state index is 0.0916. The zero-order valence-electron chi connectivity index (χ0n) is 18.7. The summed E-state index contributed by atoms with van der Waals surface area (Å²) in [6.45, 7) is 13.6. The van der Waals surface area contributed by atoms with Crippen LogP contribution in [0.2, 0.25) is 5.02 Å². The highest BCUT2D eigenvalue weighted by atomic mass is 35.5. The van der Waals surface area contributed by atoms with E-state index >= 15 is 0 Å². The molecule has 0 aliphatic heterocycles. The molecule has 0 heterocycles. The van der Waals surface area contributed by atoms with Crippen LogP contribution in [0.25, 0.3) is 21.5 Å². The van der Waals surface area contributed by atoms with E-state index in [0.29, 0.717) is 0 Å². The smallest absolute Gasteiger partial charge is 0.0640 e. The van der Waals surface area contributed by atoms with Crippen LogP contribution in [0.4, 0.5) is 11.4 Å². The van der Waals surface area contributed by atoms with Gasteiger partial charge in [-0.05, 0) is 68.4 Å². The van der Waals surface area contributed by atoms with Crippen molar-refractivity contribution in [1.29, 1.82) is 0 Å². The first-order valence-corrected chi connectivity index (χ1v) is 10.9. The molecule has 4 aromatic rings. The third kappa shape index (κ3) is 3.91. The van der Waals surface area contributed by atoms with E-state index in [1.165, 1.54) is 32.7 Å². The molecule has 0 spiro atoms. The first kappa shape index (κ1) is 20.8. The molecule has 0 bridgehead atoms. The molecule has 4 aromatic carbocycles. The Labute approximate surface area is 185 Å². The maximum absolute atomic E-state index is 6.44. The van der Waals surface area contributed by atoms with Gasteiger partial charge in [-0.3, -0.25) is 0 Å². The largest absolute Gasteiger partial charge is 0.354 e. The van der Waals surface area contributed by atoms with Gasteiger partial charge >= 0.3 is 0 Å². The molecule has 1 N–H and O–H groups in total. The molecule has 2 heteroatoms. The van der Waals surface area contributed by atoms with Gasteiger partial charge in [-0.1, -0.05) is 89.5 Å². The molecule has 154 valence electrons. The summed E-state index contributed by atoms with van der Waals surface area (Å²) in [5.74, 6) is 0. The molecule has 0 radical (unpaired) electrons. The quantitative estimate of drug-likeness (QED) is 0.322. The van der Waals surface area contributed by atoms with Gasteiger partial charge in [0.05, 0.1) is 10.7 Å². The summed E-state index contributed by atoms with van der Waals surface area (Å²) >= 11 is 6.44. The average molecular weight is 416 g/mol. The van der Waals surface area contributed by atoms with Crippen molar-refractivity contribution in [1.82, 2.24) is 0 Å². The summed E-state index contributed by atoms with van der Waals surface area (Å²) in [5.41, 5.74) is 4.89. The van der Waals surface area contributed by atoms with Crippen molar-refractivity contribution in [2.75, 3.05) is 5.32 Å². The average Bonchev–Trinajstić information content (AvgIpc) is 2.67. The Balaban J connectivity index is 2.02. The van der Waals surface area contributed by atoms with E-state index < -0.39 is 0 Å². The second-order valence-corrected chi connectivity index (χ2v) is 10.6. The lowest BCUT2D eigenvalue weighted by atomic mass is 9.83. The summed E-state index contributed by atoms with van der Waals surface area (Å²) in [6.07, 6.45) is 0. The van der Waals surface area contributed by atoms with Crippen LogP contribution in [-0.2, 0) is 10.8 Å². The molecule has 1 nitrogen and oxygen atoms in total. The Morgan fingerprint density at radius 1 is 0.600 bits per heavy atom. The van der Waals surface area contributed by atoms with Crippen molar-refractivity contribution < 1.29 is 0 Å². The maximum atomic E-state index is 6.44. The first-order chi connectivity index (χ1) is 14.0. The Hall–Kier alpha value is -2.51. The van der Waals surface area contributed by atoms with Gasteiger partial charge in [0.2, 0.25) is 0 Å². The molecule has 0 aliphatic carbocycles. The SMILES string of the molecule is CC(C)(C)c1ccc2cc(Nc3ccccc3Cl)c3ccc(C(C)(C)C)cc3c2c1. The zero-order chi connectivity index (χ0) is 21.7. The third-order valence-electron chi connectivity index (χ3n) is 5.83. The number of hydrogen-bond acceptors (Lipinski definition) is 1. The number of halogens is 1. The van der Waals surface area contributed by atoms with Crippen LogP contribution in [-0.4, -0.2) is 0 Å². The highest BCUT2D eigenvalue weighted by molar-refractivity contribution is 6.33. The molecule has 0 saturated carbocycles. The van der Waals surface area contributed by atoms with Crippen molar-refractivity contribution in [2.45, 2.75) is 52.4 Å². The van der Waals surface area contributed by atoms with Crippen LogP contribution in [0.3, 0.4) is 0 Å². The van der Waals surface area contributed by atoms with E-state index in [1.54, 1.807) is 0 Å². The summed E-state index contributed by atoms with van der Waals surface area (Å²) in [4.78, 5) is 0. The first-order valence-electron chi connectivity index (χ1n) is 10.6. The molecule has 4 rings (SSSR count). The van der Waals surface area contributed by atoms with Gasteiger partial charge in [-0.2, -0.15) is 0 Å². The van der Waals surface area contributed by atoms with Gasteiger partial charge < -0.3 is 5.32 Å². The number of anilines is 2. The summed E-state index contributed by atoms with van der Waals surface area (Å²) in [5, 5.41) is 9.32.